The Kier molecular flexibility index (Phi) is 6.40. The van der Waals surface area contributed by atoms with Gasteiger partial charge in [0.1, 0.15) is 0 Å². The number of nitrogens with zero attached hydrogens (tertiary/aromatic N) is 2. The first-order valence-corrected chi connectivity index (χ1v) is 9.32. The number of halogens is 1. The van der Waals surface area contributed by atoms with Gasteiger partial charge in [0.2, 0.25) is 17.6 Å². The second kappa shape index (κ2) is 8.95. The Labute approximate surface area is 161 Å². The molecule has 0 atom stereocenters. The van der Waals surface area contributed by atoms with Crippen LogP contribution in [0.25, 0.3) is 11.4 Å². The summed E-state index contributed by atoms with van der Waals surface area (Å²) >= 11 is 11.0. The van der Waals surface area contributed by atoms with E-state index in [2.05, 4.69) is 26.3 Å². The summed E-state index contributed by atoms with van der Waals surface area (Å²) in [5.41, 5.74) is 6.10. The van der Waals surface area contributed by atoms with Crippen molar-refractivity contribution in [2.24, 2.45) is 0 Å². The summed E-state index contributed by atoms with van der Waals surface area (Å²) in [5, 5.41) is 8.19. The van der Waals surface area contributed by atoms with Gasteiger partial charge in [0.15, 0.2) is 5.11 Å². The summed E-state index contributed by atoms with van der Waals surface area (Å²) in [6.45, 7) is 0. The molecule has 1 aromatic carbocycles. The summed E-state index contributed by atoms with van der Waals surface area (Å²) in [6, 6.07) is 7.54. The van der Waals surface area contributed by atoms with Crippen molar-refractivity contribution in [3.63, 3.8) is 0 Å². The Morgan fingerprint density at radius 1 is 1.23 bits per heavy atom. The maximum Gasteiger partial charge on any atom is 0.238 e. The van der Waals surface area contributed by atoms with Crippen LogP contribution in [0.15, 0.2) is 28.8 Å². The van der Waals surface area contributed by atoms with Gasteiger partial charge >= 0.3 is 0 Å². The van der Waals surface area contributed by atoms with Gasteiger partial charge in [0.05, 0.1) is 0 Å². The SMILES string of the molecule is O=C(CCc1nc(-c2ccc(Cl)cc2)no1)NNC(=S)NC1CCCC1. The number of hydrogen-bond donors (Lipinski definition) is 3. The third-order valence-corrected chi connectivity index (χ3v) is 4.61. The van der Waals surface area contributed by atoms with Gasteiger partial charge in [0.25, 0.3) is 0 Å². The van der Waals surface area contributed by atoms with Crippen LogP contribution in [0.1, 0.15) is 38.0 Å². The standard InChI is InChI=1S/C17H20ClN5O2S/c18-12-7-5-11(6-8-12)16-20-15(25-23-16)10-9-14(24)21-22-17(26)19-13-3-1-2-4-13/h5-8,13H,1-4,9-10H2,(H,21,24)(H2,19,22,26). The van der Waals surface area contributed by atoms with E-state index in [4.69, 9.17) is 28.3 Å². The average Bonchev–Trinajstić information content (AvgIpc) is 3.31. The zero-order valence-electron chi connectivity index (χ0n) is 14.1. The molecule has 2 aromatic rings. The van der Waals surface area contributed by atoms with Crippen molar-refractivity contribution in [3.8, 4) is 11.4 Å². The smallest absolute Gasteiger partial charge is 0.238 e. The first kappa shape index (κ1) is 18.6. The molecule has 1 heterocycles. The molecule has 0 aliphatic heterocycles. The van der Waals surface area contributed by atoms with E-state index in [0.29, 0.717) is 34.3 Å². The molecular weight excluding hydrogens is 374 g/mol. The highest BCUT2D eigenvalue weighted by Gasteiger charge is 2.16. The molecule has 7 nitrogen and oxygen atoms in total. The van der Waals surface area contributed by atoms with Gasteiger partial charge in [-0.3, -0.25) is 15.6 Å². The van der Waals surface area contributed by atoms with Gasteiger partial charge in [-0.2, -0.15) is 4.98 Å². The van der Waals surface area contributed by atoms with E-state index < -0.39 is 0 Å². The second-order valence-corrected chi connectivity index (χ2v) is 6.99. The van der Waals surface area contributed by atoms with E-state index in [9.17, 15) is 4.79 Å². The van der Waals surface area contributed by atoms with Gasteiger partial charge < -0.3 is 9.84 Å². The van der Waals surface area contributed by atoms with E-state index in [1.54, 1.807) is 12.1 Å². The number of amides is 1. The maximum absolute atomic E-state index is 11.9. The maximum atomic E-state index is 11.9. The fraction of sp³-hybridized carbons (Fsp3) is 0.412. The Morgan fingerprint density at radius 3 is 2.69 bits per heavy atom. The summed E-state index contributed by atoms with van der Waals surface area (Å²) in [5.74, 6) is 0.667. The number of carbonyl (C=O) groups is 1. The number of hydrazine groups is 1. The number of rotatable bonds is 5. The Bertz CT molecular complexity index is 759. The largest absolute Gasteiger partial charge is 0.359 e. The number of benzene rings is 1. The van der Waals surface area contributed by atoms with Crippen molar-refractivity contribution >= 4 is 34.8 Å². The molecule has 1 aliphatic carbocycles. The van der Waals surface area contributed by atoms with Crippen LogP contribution in [-0.2, 0) is 11.2 Å². The second-order valence-electron chi connectivity index (χ2n) is 6.15. The molecule has 1 saturated carbocycles. The van der Waals surface area contributed by atoms with Gasteiger partial charge in [-0.25, -0.2) is 0 Å². The summed E-state index contributed by atoms with van der Waals surface area (Å²) in [6.07, 6.45) is 5.22. The lowest BCUT2D eigenvalue weighted by Gasteiger charge is -2.15. The van der Waals surface area contributed by atoms with Crippen molar-refractivity contribution in [1.29, 1.82) is 0 Å². The molecule has 1 fully saturated rings. The minimum atomic E-state index is -0.202. The monoisotopic (exact) mass is 393 g/mol. The highest BCUT2D eigenvalue weighted by Crippen LogP contribution is 2.19. The topological polar surface area (TPSA) is 92.1 Å². The van der Waals surface area contributed by atoms with Crippen molar-refractivity contribution in [3.05, 3.63) is 35.2 Å². The lowest BCUT2D eigenvalue weighted by molar-refractivity contribution is -0.121. The predicted molar refractivity (Wildman–Crippen MR) is 102 cm³/mol. The average molecular weight is 394 g/mol. The van der Waals surface area contributed by atoms with E-state index in [0.717, 1.165) is 18.4 Å². The predicted octanol–water partition coefficient (Wildman–Crippen LogP) is 2.76. The van der Waals surface area contributed by atoms with E-state index in [1.165, 1.54) is 12.8 Å². The minimum Gasteiger partial charge on any atom is -0.359 e. The van der Waals surface area contributed by atoms with Crippen LogP contribution in [0.2, 0.25) is 5.02 Å². The number of aryl methyl sites for hydroxylation is 1. The van der Waals surface area contributed by atoms with Crippen LogP contribution in [0.3, 0.4) is 0 Å². The lowest BCUT2D eigenvalue weighted by Crippen LogP contribution is -2.49. The molecule has 3 rings (SSSR count). The van der Waals surface area contributed by atoms with E-state index in [-0.39, 0.29) is 12.3 Å². The molecule has 0 bridgehead atoms. The van der Waals surface area contributed by atoms with Crippen LogP contribution in [0.5, 0.6) is 0 Å². The van der Waals surface area contributed by atoms with E-state index >= 15 is 0 Å². The van der Waals surface area contributed by atoms with E-state index in [1.807, 2.05) is 12.1 Å². The first-order valence-electron chi connectivity index (χ1n) is 8.54. The van der Waals surface area contributed by atoms with Crippen LogP contribution in [0, 0.1) is 0 Å². The summed E-state index contributed by atoms with van der Waals surface area (Å²) in [4.78, 5) is 16.2. The fourth-order valence-electron chi connectivity index (χ4n) is 2.77. The van der Waals surface area contributed by atoms with Crippen molar-refractivity contribution in [2.75, 3.05) is 0 Å². The number of aromatic nitrogens is 2. The Balaban J connectivity index is 1.40. The molecule has 1 amide bonds. The number of carbonyl (C=O) groups excluding carboxylic acids is 1. The molecule has 0 unspecified atom stereocenters. The molecule has 0 radical (unpaired) electrons. The summed E-state index contributed by atoms with van der Waals surface area (Å²) < 4.78 is 5.18. The molecule has 3 N–H and O–H groups in total. The quantitative estimate of drug-likeness (QED) is 0.531. The third kappa shape index (κ3) is 5.40. The van der Waals surface area contributed by atoms with Crippen molar-refractivity contribution in [2.45, 2.75) is 44.6 Å². The van der Waals surface area contributed by atoms with Crippen LogP contribution >= 0.6 is 23.8 Å². The highest BCUT2D eigenvalue weighted by atomic mass is 35.5. The zero-order valence-corrected chi connectivity index (χ0v) is 15.7. The molecule has 9 heteroatoms. The van der Waals surface area contributed by atoms with Crippen LogP contribution in [0.4, 0.5) is 0 Å². The molecule has 1 aromatic heterocycles. The molecule has 0 saturated heterocycles. The van der Waals surface area contributed by atoms with Crippen molar-refractivity contribution in [1.82, 2.24) is 26.3 Å². The van der Waals surface area contributed by atoms with Gasteiger partial charge in [0, 0.05) is 29.5 Å². The van der Waals surface area contributed by atoms with Crippen LogP contribution in [-0.4, -0.2) is 27.2 Å². The molecule has 0 spiro atoms. The molecule has 26 heavy (non-hydrogen) atoms. The third-order valence-electron chi connectivity index (χ3n) is 4.14. The van der Waals surface area contributed by atoms with Gasteiger partial charge in [-0.1, -0.05) is 29.6 Å². The number of thiocarbonyl (C=S) groups is 1. The summed E-state index contributed by atoms with van der Waals surface area (Å²) in [7, 11) is 0. The molecule has 138 valence electrons. The zero-order chi connectivity index (χ0) is 18.4. The Morgan fingerprint density at radius 2 is 1.96 bits per heavy atom. The molecule has 1 aliphatic rings. The normalized spacial score (nSPS) is 14.2. The van der Waals surface area contributed by atoms with Crippen molar-refractivity contribution < 1.29 is 9.32 Å². The highest BCUT2D eigenvalue weighted by molar-refractivity contribution is 7.80. The van der Waals surface area contributed by atoms with Gasteiger partial charge in [-0.05, 0) is 49.3 Å². The van der Waals surface area contributed by atoms with Gasteiger partial charge in [-0.15, -0.1) is 0 Å². The first-order chi connectivity index (χ1) is 12.6. The fourth-order valence-corrected chi connectivity index (χ4v) is 3.12. The minimum absolute atomic E-state index is 0.202. The number of hydrogen-bond acceptors (Lipinski definition) is 5. The Hall–Kier alpha value is -2.19. The molecular formula is C17H20ClN5O2S. The lowest BCUT2D eigenvalue weighted by atomic mass is 10.2. The number of nitrogens with one attached hydrogen (secondary N) is 3. The van der Waals surface area contributed by atoms with Crippen LogP contribution < -0.4 is 16.2 Å².